The highest BCUT2D eigenvalue weighted by atomic mass is 15.3. The van der Waals surface area contributed by atoms with Gasteiger partial charge in [0, 0.05) is 57.4 Å². The monoisotopic (exact) mass is 399 g/mol. The van der Waals surface area contributed by atoms with Crippen LogP contribution in [0.2, 0.25) is 0 Å². The van der Waals surface area contributed by atoms with Crippen molar-refractivity contribution in [2.75, 3.05) is 43.0 Å². The molecule has 3 aromatic rings. The van der Waals surface area contributed by atoms with E-state index in [4.69, 9.17) is 4.98 Å². The molecule has 5 heteroatoms. The number of benzene rings is 2. The summed E-state index contributed by atoms with van der Waals surface area (Å²) >= 11 is 0. The van der Waals surface area contributed by atoms with Crippen molar-refractivity contribution < 1.29 is 0 Å². The standard InChI is InChI=1S/C25H29N5/c1-21(28(2)20-22-9-5-3-6-10-22)19-23-13-14-26-25(27-23)30-17-15-29(16-18-30)24-11-7-4-8-12-24/h3-14,19H,15-18,20H2,1-2H3/b21-19-. The Labute approximate surface area is 179 Å². The predicted molar refractivity (Wildman–Crippen MR) is 124 cm³/mol. The van der Waals surface area contributed by atoms with Gasteiger partial charge in [-0.25, -0.2) is 9.97 Å². The molecule has 0 aliphatic carbocycles. The van der Waals surface area contributed by atoms with Gasteiger partial charge in [0.15, 0.2) is 0 Å². The molecule has 0 radical (unpaired) electrons. The molecule has 5 nitrogen and oxygen atoms in total. The van der Waals surface area contributed by atoms with E-state index in [9.17, 15) is 0 Å². The van der Waals surface area contributed by atoms with E-state index in [0.29, 0.717) is 0 Å². The molecule has 1 aromatic heterocycles. The minimum absolute atomic E-state index is 0.815. The van der Waals surface area contributed by atoms with Crippen molar-refractivity contribution in [2.24, 2.45) is 0 Å². The minimum atomic E-state index is 0.815. The smallest absolute Gasteiger partial charge is 0.225 e. The number of anilines is 2. The molecule has 1 fully saturated rings. The van der Waals surface area contributed by atoms with E-state index in [-0.39, 0.29) is 0 Å². The summed E-state index contributed by atoms with van der Waals surface area (Å²) in [4.78, 5) is 16.3. The molecular formula is C25H29N5. The Kier molecular flexibility index (Phi) is 6.28. The summed E-state index contributed by atoms with van der Waals surface area (Å²) < 4.78 is 0. The Morgan fingerprint density at radius 3 is 2.23 bits per heavy atom. The zero-order valence-corrected chi connectivity index (χ0v) is 17.8. The first-order chi connectivity index (χ1) is 14.7. The molecule has 1 aliphatic rings. The summed E-state index contributed by atoms with van der Waals surface area (Å²) in [5.74, 6) is 0.815. The summed E-state index contributed by atoms with van der Waals surface area (Å²) in [5.41, 5.74) is 4.71. The predicted octanol–water partition coefficient (Wildman–Crippen LogP) is 4.30. The topological polar surface area (TPSA) is 35.5 Å². The van der Waals surface area contributed by atoms with E-state index in [0.717, 1.165) is 44.4 Å². The quantitative estimate of drug-likeness (QED) is 0.618. The molecule has 0 amide bonds. The maximum atomic E-state index is 4.82. The van der Waals surface area contributed by atoms with Crippen LogP contribution in [-0.2, 0) is 6.54 Å². The molecule has 154 valence electrons. The van der Waals surface area contributed by atoms with Crippen LogP contribution >= 0.6 is 0 Å². The van der Waals surface area contributed by atoms with Gasteiger partial charge >= 0.3 is 0 Å². The summed E-state index contributed by atoms with van der Waals surface area (Å²) in [6.45, 7) is 6.81. The lowest BCUT2D eigenvalue weighted by Crippen LogP contribution is -2.47. The van der Waals surface area contributed by atoms with Crippen molar-refractivity contribution in [3.8, 4) is 0 Å². The lowest BCUT2D eigenvalue weighted by Gasteiger charge is -2.36. The highest BCUT2D eigenvalue weighted by molar-refractivity contribution is 5.51. The number of allylic oxidation sites excluding steroid dienone is 1. The fourth-order valence-electron chi connectivity index (χ4n) is 3.70. The molecule has 1 aliphatic heterocycles. The van der Waals surface area contributed by atoms with Gasteiger partial charge in [0.2, 0.25) is 5.95 Å². The third-order valence-electron chi connectivity index (χ3n) is 5.57. The number of piperazine rings is 1. The second kappa shape index (κ2) is 9.44. The maximum absolute atomic E-state index is 4.82. The second-order valence-corrected chi connectivity index (χ2v) is 7.72. The zero-order valence-electron chi connectivity index (χ0n) is 17.8. The van der Waals surface area contributed by atoms with Gasteiger partial charge in [0.1, 0.15) is 0 Å². The minimum Gasteiger partial charge on any atom is -0.374 e. The number of rotatable bonds is 6. The van der Waals surface area contributed by atoms with Crippen LogP contribution in [0.25, 0.3) is 6.08 Å². The van der Waals surface area contributed by atoms with Gasteiger partial charge in [-0.2, -0.15) is 0 Å². The number of nitrogens with zero attached hydrogens (tertiary/aromatic N) is 5. The highest BCUT2D eigenvalue weighted by Crippen LogP contribution is 2.19. The first-order valence-corrected chi connectivity index (χ1v) is 10.5. The fourth-order valence-corrected chi connectivity index (χ4v) is 3.70. The Morgan fingerprint density at radius 1 is 0.900 bits per heavy atom. The highest BCUT2D eigenvalue weighted by Gasteiger charge is 2.19. The molecule has 0 saturated carbocycles. The third-order valence-corrected chi connectivity index (χ3v) is 5.57. The lowest BCUT2D eigenvalue weighted by atomic mass is 10.2. The van der Waals surface area contributed by atoms with Crippen molar-refractivity contribution in [1.82, 2.24) is 14.9 Å². The Morgan fingerprint density at radius 2 is 1.53 bits per heavy atom. The summed E-state index contributed by atoms with van der Waals surface area (Å²) in [5, 5.41) is 0. The number of aromatic nitrogens is 2. The normalized spacial score (nSPS) is 14.7. The molecule has 4 rings (SSSR count). The Hall–Kier alpha value is -3.34. The second-order valence-electron chi connectivity index (χ2n) is 7.72. The molecule has 1 saturated heterocycles. The Bertz CT molecular complexity index is 963. The van der Waals surface area contributed by atoms with Crippen molar-refractivity contribution >= 4 is 17.7 Å². The molecule has 0 unspecified atom stereocenters. The zero-order chi connectivity index (χ0) is 20.8. The van der Waals surface area contributed by atoms with Gasteiger partial charge in [-0.15, -0.1) is 0 Å². The first-order valence-electron chi connectivity index (χ1n) is 10.5. The van der Waals surface area contributed by atoms with Gasteiger partial charge in [0.25, 0.3) is 0 Å². The lowest BCUT2D eigenvalue weighted by molar-refractivity contribution is 0.416. The van der Waals surface area contributed by atoms with E-state index in [1.54, 1.807) is 0 Å². The van der Waals surface area contributed by atoms with Crippen LogP contribution < -0.4 is 9.80 Å². The van der Waals surface area contributed by atoms with Gasteiger partial charge in [-0.3, -0.25) is 0 Å². The molecule has 2 aromatic carbocycles. The van der Waals surface area contributed by atoms with Crippen molar-refractivity contribution in [2.45, 2.75) is 13.5 Å². The van der Waals surface area contributed by atoms with Gasteiger partial charge in [-0.1, -0.05) is 48.5 Å². The average Bonchev–Trinajstić information content (AvgIpc) is 2.80. The Balaban J connectivity index is 1.39. The van der Waals surface area contributed by atoms with Crippen molar-refractivity contribution in [1.29, 1.82) is 0 Å². The van der Waals surface area contributed by atoms with Crippen LogP contribution in [0.15, 0.2) is 78.6 Å². The van der Waals surface area contributed by atoms with Gasteiger partial charge < -0.3 is 14.7 Å². The first kappa shape index (κ1) is 20.0. The largest absolute Gasteiger partial charge is 0.374 e. The number of para-hydroxylation sites is 1. The summed E-state index contributed by atoms with van der Waals surface area (Å²) in [6.07, 6.45) is 4.00. The summed E-state index contributed by atoms with van der Waals surface area (Å²) in [6, 6.07) is 23.1. The number of hydrogen-bond acceptors (Lipinski definition) is 5. The van der Waals surface area contributed by atoms with Gasteiger partial charge in [0.05, 0.1) is 5.69 Å². The van der Waals surface area contributed by atoms with Crippen LogP contribution in [0.3, 0.4) is 0 Å². The van der Waals surface area contributed by atoms with E-state index in [1.165, 1.54) is 16.9 Å². The number of hydrogen-bond donors (Lipinski definition) is 0. The molecule has 2 heterocycles. The van der Waals surface area contributed by atoms with Crippen LogP contribution in [0.4, 0.5) is 11.6 Å². The average molecular weight is 400 g/mol. The van der Waals surface area contributed by atoms with Gasteiger partial charge in [-0.05, 0) is 36.8 Å². The van der Waals surface area contributed by atoms with Crippen molar-refractivity contribution in [3.63, 3.8) is 0 Å². The SMILES string of the molecule is C/C(=C/c1ccnc(N2CCN(c3ccccc3)CC2)n1)N(C)Cc1ccccc1. The molecule has 0 N–H and O–H groups in total. The molecule has 0 atom stereocenters. The molecular weight excluding hydrogens is 370 g/mol. The van der Waals surface area contributed by atoms with Crippen LogP contribution in [0, 0.1) is 0 Å². The van der Waals surface area contributed by atoms with E-state index in [1.807, 2.05) is 18.3 Å². The van der Waals surface area contributed by atoms with Crippen molar-refractivity contribution in [3.05, 3.63) is 89.9 Å². The molecule has 0 bridgehead atoms. The van der Waals surface area contributed by atoms with E-state index < -0.39 is 0 Å². The molecule has 0 spiro atoms. The maximum Gasteiger partial charge on any atom is 0.225 e. The van der Waals surface area contributed by atoms with Crippen LogP contribution in [0.5, 0.6) is 0 Å². The summed E-state index contributed by atoms with van der Waals surface area (Å²) in [7, 11) is 2.11. The van der Waals surface area contributed by atoms with Crippen LogP contribution in [-0.4, -0.2) is 48.1 Å². The molecule has 30 heavy (non-hydrogen) atoms. The van der Waals surface area contributed by atoms with E-state index >= 15 is 0 Å². The van der Waals surface area contributed by atoms with Crippen LogP contribution in [0.1, 0.15) is 18.2 Å². The fraction of sp³-hybridized carbons (Fsp3) is 0.280. The third kappa shape index (κ3) is 4.98. The van der Waals surface area contributed by atoms with E-state index in [2.05, 4.69) is 94.3 Å².